The van der Waals surface area contributed by atoms with Crippen LogP contribution in [-0.4, -0.2) is 176 Å². The van der Waals surface area contributed by atoms with Gasteiger partial charge >= 0.3 is 94.2 Å². The highest BCUT2D eigenvalue weighted by Gasteiger charge is 2.61. The molecule has 0 saturated carbocycles. The first kappa shape index (κ1) is 125. The summed E-state index contributed by atoms with van der Waals surface area (Å²) in [4.78, 5) is 0. The maximum absolute atomic E-state index is 7.99. The van der Waals surface area contributed by atoms with Crippen LogP contribution in [0.25, 0.3) is 0 Å². The minimum absolute atomic E-state index is 0.394. The number of benzene rings is 10. The van der Waals surface area contributed by atoms with Crippen molar-refractivity contribution in [2.24, 2.45) is 0 Å². The molecule has 10 rings (SSSR count). The van der Waals surface area contributed by atoms with Crippen LogP contribution in [0.3, 0.4) is 0 Å². The van der Waals surface area contributed by atoms with Crippen LogP contribution in [0.1, 0.15) is 0 Å². The summed E-state index contributed by atoms with van der Waals surface area (Å²) in [5.41, 5.74) is 17.7. The summed E-state index contributed by atoms with van der Waals surface area (Å²) in [5.74, 6) is 0. The van der Waals surface area contributed by atoms with Crippen LogP contribution >= 0.6 is 0 Å². The second kappa shape index (κ2) is 52.7. The zero-order valence-electron chi connectivity index (χ0n) is 92.4. The molecule has 10 aromatic carbocycles. The maximum atomic E-state index is 7.99. The zero-order valence-corrected chi connectivity index (χ0v) is 112. The molecule has 0 radical (unpaired) electrons. The van der Waals surface area contributed by atoms with Crippen LogP contribution in [0.4, 0.5) is 0 Å². The molecule has 16 nitrogen and oxygen atoms in total. The van der Waals surface area contributed by atoms with Gasteiger partial charge in [0, 0.05) is 12.7 Å². The van der Waals surface area contributed by atoms with Crippen LogP contribution in [0.2, 0.25) is 196 Å². The Kier molecular flexibility index (Phi) is 45.6. The van der Waals surface area contributed by atoms with E-state index in [1.807, 2.05) is 173 Å². The van der Waals surface area contributed by atoms with Gasteiger partial charge in [0.15, 0.2) is 49.9 Å². The fraction of sp³-hybridized carbons (Fsp3) is 0.284. The first-order valence-electron chi connectivity index (χ1n) is 49.8. The van der Waals surface area contributed by atoms with Crippen molar-refractivity contribution in [3.05, 3.63) is 414 Å². The van der Waals surface area contributed by atoms with E-state index in [0.717, 1.165) is 51.9 Å². The summed E-state index contributed by atoms with van der Waals surface area (Å²) in [7, 11) is -52.5. The third-order valence-electron chi connectivity index (χ3n) is 23.5. The molecule has 0 fully saturated rings. The number of hydrogen-bond acceptors (Lipinski definition) is 16. The van der Waals surface area contributed by atoms with Gasteiger partial charge in [0.05, 0.1) is 0 Å². The van der Waals surface area contributed by atoms with Crippen LogP contribution in [0.5, 0.6) is 0 Å². The molecule has 0 aromatic heterocycles. The molecule has 0 amide bonds. The van der Waals surface area contributed by atoms with Crippen molar-refractivity contribution < 1.29 is 66.2 Å². The van der Waals surface area contributed by atoms with Gasteiger partial charge in [-0.15, -0.1) is 59.2 Å². The highest BCUT2D eigenvalue weighted by molar-refractivity contribution is 7.08. The van der Waals surface area contributed by atoms with Gasteiger partial charge in [0.25, 0.3) is 0 Å². The standard InChI is InChI=1S/C36H58O6Si7.C29H42O4Si5.2C22H34O3Si4/c1-14-43(4,5)38-46(10,11)37-32-33-48(34-26-20-17-21-27-34,41-47(12,13)39-44(6,7)15-2)42-49(40-45(8,9)16-3,35-28-22-18-23-29-35)36-30-24-19-25-31-36;1-10-34(3,4)30-36(7,8)32-38(28-23-17-13-18-24-28,29-25-19-14-20-26-29)33-37(9,31-35(5,6)11-2)27-21-15-12-16-22-27;2*1-9-26(3,4)23-28(7,8)25-29(24-27(5,6)10-2,21-17-13-11-14-18-21)22-19-15-12-16-20-22/h14-31H,1-3,32-33H2,4-13H3;10-26H,1-2H2,3-9H3;2*9-20H,1-2H2,3-8H3. The van der Waals surface area contributed by atoms with Gasteiger partial charge in [0.1, 0.15) is 0 Å². The SMILES string of the molecule is C=C[Si](C)(C)O[Si](C)(C)OCC[Si](O[Si](C)(C)O[Si](C)(C)C=C)(O[Si](O[Si](C)(C)C=C)(c1ccccc1)c1ccccc1)c1ccccc1.C=C[Si](C)(C)O[Si](C)(C)O[Si](O[Si](C)(C)C=C)(c1ccccc1)c1ccccc1.C=C[Si](C)(C)O[Si](C)(C)O[Si](O[Si](C)(C)C=C)(c1ccccc1)c1ccccc1.C=C[Si](C)(C)O[Si](C)(C)O[Si](O[Si](C)(O[Si](C)(C)C=C)c1ccccc1)(c1ccccc1)c1ccccc1. The molecule has 2 atom stereocenters. The molecule has 780 valence electrons. The van der Waals surface area contributed by atoms with Crippen molar-refractivity contribution in [3.8, 4) is 0 Å². The fourth-order valence-electron chi connectivity index (χ4n) is 16.6. The molecule has 36 heteroatoms. The third-order valence-corrected chi connectivity index (χ3v) is 97.0. The molecule has 2 unspecified atom stereocenters. The average molecular weight is 2300 g/mol. The average Bonchev–Trinajstić information content (AvgIpc) is 0.750. The van der Waals surface area contributed by atoms with Crippen LogP contribution in [0, 0.1) is 0 Å². The van der Waals surface area contributed by atoms with E-state index in [1.165, 1.54) is 0 Å². The predicted octanol–water partition coefficient (Wildman–Crippen LogP) is 23.4. The molecule has 0 bridgehead atoms. The van der Waals surface area contributed by atoms with Gasteiger partial charge in [-0.2, -0.15) is 0 Å². The molecule has 0 aliphatic heterocycles. The van der Waals surface area contributed by atoms with Gasteiger partial charge in [-0.3, -0.25) is 0 Å². The lowest BCUT2D eigenvalue weighted by atomic mass is 10.4. The lowest BCUT2D eigenvalue weighted by Gasteiger charge is -2.47. The lowest BCUT2D eigenvalue weighted by Crippen LogP contribution is -2.75. The molecular formula is C109H168O16Si20. The second-order valence-corrected chi connectivity index (χ2v) is 117. The van der Waals surface area contributed by atoms with Crippen molar-refractivity contribution in [1.29, 1.82) is 0 Å². The Balaban J connectivity index is 0.000000268. The van der Waals surface area contributed by atoms with Crippen LogP contribution < -0.4 is 51.9 Å². The van der Waals surface area contributed by atoms with Gasteiger partial charge in [-0.1, -0.05) is 355 Å². The Labute approximate surface area is 895 Å². The van der Waals surface area contributed by atoms with E-state index in [2.05, 4.69) is 431 Å². The number of rotatable bonds is 53. The van der Waals surface area contributed by atoms with Crippen molar-refractivity contribution in [3.63, 3.8) is 0 Å². The summed E-state index contributed by atoms with van der Waals surface area (Å²) in [5, 5.41) is 10.5. The molecule has 0 aliphatic rings. The normalized spacial score (nSPS) is 14.0. The number of hydrogen-bond donors (Lipinski definition) is 0. The van der Waals surface area contributed by atoms with Crippen molar-refractivity contribution in [2.75, 3.05) is 6.61 Å². The molecule has 10 aromatic rings. The smallest absolute Gasteiger partial charge is 0.389 e. The van der Waals surface area contributed by atoms with E-state index in [-0.39, 0.29) is 0 Å². The summed E-state index contributed by atoms with van der Waals surface area (Å²) < 4.78 is 114. The first-order chi connectivity index (χ1) is 67.4. The Hall–Kier alpha value is -6.44. The minimum atomic E-state index is -3.53. The molecule has 0 spiro atoms. The van der Waals surface area contributed by atoms with E-state index in [4.69, 9.17) is 66.2 Å². The van der Waals surface area contributed by atoms with Crippen molar-refractivity contribution in [1.82, 2.24) is 0 Å². The summed E-state index contributed by atoms with van der Waals surface area (Å²) in [6.07, 6.45) is 0. The van der Waals surface area contributed by atoms with E-state index in [1.54, 1.807) is 0 Å². The van der Waals surface area contributed by atoms with Gasteiger partial charge in [0.2, 0.25) is 25.0 Å². The Morgan fingerprint density at radius 1 is 0.159 bits per heavy atom. The van der Waals surface area contributed by atoms with Crippen molar-refractivity contribution in [2.45, 2.75) is 196 Å². The summed E-state index contributed by atoms with van der Waals surface area (Å²) in [6.45, 7) is 99.0. The largest absolute Gasteiger partial charge is 0.433 e. The quantitative estimate of drug-likeness (QED) is 0.0333. The third kappa shape index (κ3) is 37.8. The molecule has 0 heterocycles. The van der Waals surface area contributed by atoms with E-state index in [0.29, 0.717) is 12.7 Å². The highest BCUT2D eigenvalue weighted by Crippen LogP contribution is 2.35. The van der Waals surface area contributed by atoms with Crippen LogP contribution in [0.15, 0.2) is 414 Å². The van der Waals surface area contributed by atoms with Crippen molar-refractivity contribution >= 4 is 221 Å². The Bertz CT molecular complexity index is 5450. The van der Waals surface area contributed by atoms with Gasteiger partial charge in [-0.05, 0) is 242 Å². The molecule has 0 N–H and O–H groups in total. The lowest BCUT2D eigenvalue weighted by molar-refractivity contribution is 0.245. The van der Waals surface area contributed by atoms with Crippen LogP contribution in [-0.2, 0) is 66.2 Å². The summed E-state index contributed by atoms with van der Waals surface area (Å²) in [6, 6.07) is 104. The zero-order chi connectivity index (χ0) is 108. The predicted molar refractivity (Wildman–Crippen MR) is 665 cm³/mol. The Morgan fingerprint density at radius 3 is 0.524 bits per heavy atom. The summed E-state index contributed by atoms with van der Waals surface area (Å²) >= 11 is 0. The molecule has 0 saturated heterocycles. The van der Waals surface area contributed by atoms with Gasteiger partial charge < -0.3 is 66.2 Å². The van der Waals surface area contributed by atoms with E-state index in [9.17, 15) is 0 Å². The first-order valence-corrected chi connectivity index (χ1v) is 102. The molecular weight excluding hydrogens is 2130 g/mol. The minimum Gasteiger partial charge on any atom is -0.433 e. The maximum Gasteiger partial charge on any atom is 0.389 e. The van der Waals surface area contributed by atoms with E-state index >= 15 is 0 Å². The van der Waals surface area contributed by atoms with E-state index < -0.39 is 169 Å². The topological polar surface area (TPSA) is 148 Å². The molecule has 0 aliphatic carbocycles. The monoisotopic (exact) mass is 2290 g/mol. The highest BCUT2D eigenvalue weighted by atomic mass is 28.5. The molecule has 145 heavy (non-hydrogen) atoms. The van der Waals surface area contributed by atoms with Gasteiger partial charge in [-0.25, -0.2) is 0 Å². The fourth-order valence-corrected chi connectivity index (χ4v) is 98.6. The Morgan fingerprint density at radius 2 is 0.317 bits per heavy atom. The second-order valence-electron chi connectivity index (χ2n) is 43.2.